The second-order valence-corrected chi connectivity index (χ2v) is 4.39. The Morgan fingerprint density at radius 3 is 2.68 bits per heavy atom. The maximum absolute atomic E-state index is 13.5. The predicted octanol–water partition coefficient (Wildman–Crippen LogP) is 3.33. The van der Waals surface area contributed by atoms with E-state index in [0.29, 0.717) is 35.6 Å². The molecule has 19 heavy (non-hydrogen) atoms. The standard InChI is InChI=1S/C15H13FN2O/c16-11-5-2-1-4-10(11)8-9-14-18-13-7-3-6-12(17)15(13)19-14/h1-7H,8-9,17H2. The molecule has 0 atom stereocenters. The van der Waals surface area contributed by atoms with Crippen molar-refractivity contribution < 1.29 is 8.81 Å². The van der Waals surface area contributed by atoms with E-state index in [1.165, 1.54) is 6.07 Å². The lowest BCUT2D eigenvalue weighted by Crippen LogP contribution is -1.94. The SMILES string of the molecule is Nc1cccc2nc(CCc3ccccc3F)oc12. The minimum Gasteiger partial charge on any atom is -0.439 e. The summed E-state index contributed by atoms with van der Waals surface area (Å²) in [6.45, 7) is 0. The molecule has 0 unspecified atom stereocenters. The summed E-state index contributed by atoms with van der Waals surface area (Å²) in [6.07, 6.45) is 1.11. The summed E-state index contributed by atoms with van der Waals surface area (Å²) in [6, 6.07) is 12.2. The largest absolute Gasteiger partial charge is 0.439 e. The molecule has 1 heterocycles. The smallest absolute Gasteiger partial charge is 0.195 e. The van der Waals surface area contributed by atoms with Gasteiger partial charge in [0, 0.05) is 6.42 Å². The maximum atomic E-state index is 13.5. The number of aryl methyl sites for hydroxylation is 2. The second kappa shape index (κ2) is 4.72. The summed E-state index contributed by atoms with van der Waals surface area (Å²) in [4.78, 5) is 4.35. The number of nitrogens with two attached hydrogens (primary N) is 1. The normalized spacial score (nSPS) is 11.0. The molecule has 3 nitrogen and oxygen atoms in total. The van der Waals surface area contributed by atoms with Gasteiger partial charge < -0.3 is 10.2 Å². The number of nitrogens with zero attached hydrogens (tertiary/aromatic N) is 1. The highest BCUT2D eigenvalue weighted by molar-refractivity contribution is 5.84. The molecule has 1 aromatic heterocycles. The van der Waals surface area contributed by atoms with Crippen LogP contribution in [0.5, 0.6) is 0 Å². The fourth-order valence-corrected chi connectivity index (χ4v) is 2.07. The van der Waals surface area contributed by atoms with Crippen LogP contribution in [0.25, 0.3) is 11.1 Å². The number of fused-ring (bicyclic) bond motifs is 1. The molecule has 0 fully saturated rings. The minimum absolute atomic E-state index is 0.196. The first-order chi connectivity index (χ1) is 9.24. The van der Waals surface area contributed by atoms with Gasteiger partial charge in [0.15, 0.2) is 11.5 Å². The van der Waals surface area contributed by atoms with Gasteiger partial charge in [0.05, 0.1) is 5.69 Å². The first kappa shape index (κ1) is 11.7. The monoisotopic (exact) mass is 256 g/mol. The van der Waals surface area contributed by atoms with Gasteiger partial charge in [0.25, 0.3) is 0 Å². The average molecular weight is 256 g/mol. The number of oxazole rings is 1. The Morgan fingerprint density at radius 1 is 1.05 bits per heavy atom. The number of hydrogen-bond acceptors (Lipinski definition) is 3. The molecule has 0 spiro atoms. The molecule has 0 saturated carbocycles. The van der Waals surface area contributed by atoms with Crippen LogP contribution in [0.3, 0.4) is 0 Å². The van der Waals surface area contributed by atoms with Crippen molar-refractivity contribution in [3.8, 4) is 0 Å². The highest BCUT2D eigenvalue weighted by Crippen LogP contribution is 2.22. The van der Waals surface area contributed by atoms with Gasteiger partial charge in [-0.1, -0.05) is 24.3 Å². The summed E-state index contributed by atoms with van der Waals surface area (Å²) >= 11 is 0. The molecule has 2 aromatic carbocycles. The molecule has 2 N–H and O–H groups in total. The van der Waals surface area contributed by atoms with Gasteiger partial charge in [0.2, 0.25) is 0 Å². The van der Waals surface area contributed by atoms with Crippen molar-refractivity contribution in [2.45, 2.75) is 12.8 Å². The molecule has 0 saturated heterocycles. The number of halogens is 1. The van der Waals surface area contributed by atoms with E-state index in [-0.39, 0.29) is 5.82 Å². The lowest BCUT2D eigenvalue weighted by Gasteiger charge is -1.99. The van der Waals surface area contributed by atoms with Crippen LogP contribution in [0.4, 0.5) is 10.1 Å². The van der Waals surface area contributed by atoms with Gasteiger partial charge >= 0.3 is 0 Å². The quantitative estimate of drug-likeness (QED) is 0.731. The van der Waals surface area contributed by atoms with E-state index in [4.69, 9.17) is 10.2 Å². The van der Waals surface area contributed by atoms with Crippen molar-refractivity contribution in [3.63, 3.8) is 0 Å². The van der Waals surface area contributed by atoms with Gasteiger partial charge in [-0.05, 0) is 30.2 Å². The van der Waals surface area contributed by atoms with Gasteiger partial charge in [-0.25, -0.2) is 9.37 Å². The van der Waals surface area contributed by atoms with E-state index >= 15 is 0 Å². The summed E-state index contributed by atoms with van der Waals surface area (Å²) in [5, 5.41) is 0. The van der Waals surface area contributed by atoms with Crippen molar-refractivity contribution in [1.29, 1.82) is 0 Å². The van der Waals surface area contributed by atoms with Crippen LogP contribution in [0.1, 0.15) is 11.5 Å². The molecule has 0 amide bonds. The van der Waals surface area contributed by atoms with Crippen LogP contribution in [0, 0.1) is 5.82 Å². The van der Waals surface area contributed by atoms with E-state index < -0.39 is 0 Å². The highest BCUT2D eigenvalue weighted by atomic mass is 19.1. The van der Waals surface area contributed by atoms with Crippen molar-refractivity contribution in [1.82, 2.24) is 4.98 Å². The van der Waals surface area contributed by atoms with E-state index in [1.54, 1.807) is 18.2 Å². The minimum atomic E-state index is -0.196. The third kappa shape index (κ3) is 2.29. The lowest BCUT2D eigenvalue weighted by atomic mass is 10.1. The topological polar surface area (TPSA) is 52.0 Å². The Hall–Kier alpha value is -2.36. The van der Waals surface area contributed by atoms with Crippen LogP contribution >= 0.6 is 0 Å². The highest BCUT2D eigenvalue weighted by Gasteiger charge is 2.09. The molecular weight excluding hydrogens is 243 g/mol. The zero-order chi connectivity index (χ0) is 13.2. The van der Waals surface area contributed by atoms with Crippen LogP contribution in [-0.2, 0) is 12.8 Å². The molecule has 3 rings (SSSR count). The van der Waals surface area contributed by atoms with E-state index in [1.807, 2.05) is 18.2 Å². The Balaban J connectivity index is 1.83. The Bertz CT molecular complexity index is 721. The summed E-state index contributed by atoms with van der Waals surface area (Å²) in [5.74, 6) is 0.384. The third-order valence-corrected chi connectivity index (χ3v) is 3.06. The third-order valence-electron chi connectivity index (χ3n) is 3.06. The number of aromatic nitrogens is 1. The fraction of sp³-hybridized carbons (Fsp3) is 0.133. The number of anilines is 1. The number of benzene rings is 2. The predicted molar refractivity (Wildman–Crippen MR) is 72.2 cm³/mol. The first-order valence-electron chi connectivity index (χ1n) is 6.11. The van der Waals surface area contributed by atoms with Crippen molar-refractivity contribution in [2.75, 3.05) is 5.73 Å². The average Bonchev–Trinajstić information content (AvgIpc) is 2.82. The zero-order valence-corrected chi connectivity index (χ0v) is 10.3. The van der Waals surface area contributed by atoms with E-state index in [2.05, 4.69) is 4.98 Å². The summed E-state index contributed by atoms with van der Waals surface area (Å²) < 4.78 is 19.1. The molecule has 0 aliphatic heterocycles. The molecule has 4 heteroatoms. The van der Waals surface area contributed by atoms with Crippen LogP contribution < -0.4 is 5.73 Å². The Labute approximate surface area is 109 Å². The Morgan fingerprint density at radius 2 is 1.89 bits per heavy atom. The molecule has 96 valence electrons. The lowest BCUT2D eigenvalue weighted by molar-refractivity contribution is 0.524. The number of para-hydroxylation sites is 1. The van der Waals surface area contributed by atoms with Gasteiger partial charge in [-0.2, -0.15) is 0 Å². The van der Waals surface area contributed by atoms with Crippen molar-refractivity contribution in [3.05, 3.63) is 59.7 Å². The zero-order valence-electron chi connectivity index (χ0n) is 10.3. The molecule has 3 aromatic rings. The number of hydrogen-bond donors (Lipinski definition) is 1. The van der Waals surface area contributed by atoms with E-state index in [9.17, 15) is 4.39 Å². The van der Waals surface area contributed by atoms with Gasteiger partial charge in [-0.3, -0.25) is 0 Å². The number of rotatable bonds is 3. The van der Waals surface area contributed by atoms with Crippen LogP contribution in [0.2, 0.25) is 0 Å². The molecule has 0 radical (unpaired) electrons. The molecule has 0 aliphatic rings. The molecule has 0 bridgehead atoms. The first-order valence-corrected chi connectivity index (χ1v) is 6.11. The molecule has 0 aliphatic carbocycles. The van der Waals surface area contributed by atoms with Gasteiger partial charge in [-0.15, -0.1) is 0 Å². The molecular formula is C15H13FN2O. The van der Waals surface area contributed by atoms with Crippen molar-refractivity contribution in [2.24, 2.45) is 0 Å². The number of nitrogen functional groups attached to an aromatic ring is 1. The summed E-state index contributed by atoms with van der Waals surface area (Å²) in [7, 11) is 0. The summed E-state index contributed by atoms with van der Waals surface area (Å²) in [5.41, 5.74) is 8.39. The van der Waals surface area contributed by atoms with E-state index in [0.717, 1.165) is 5.52 Å². The fourth-order valence-electron chi connectivity index (χ4n) is 2.07. The second-order valence-electron chi connectivity index (χ2n) is 4.39. The van der Waals surface area contributed by atoms with Gasteiger partial charge in [0.1, 0.15) is 11.3 Å². The Kier molecular flexibility index (Phi) is 2.91. The van der Waals surface area contributed by atoms with Crippen LogP contribution in [0.15, 0.2) is 46.9 Å². The van der Waals surface area contributed by atoms with Crippen molar-refractivity contribution >= 4 is 16.8 Å². The maximum Gasteiger partial charge on any atom is 0.195 e. The van der Waals surface area contributed by atoms with Crippen LogP contribution in [-0.4, -0.2) is 4.98 Å².